The molecule has 1 aromatic heterocycles. The fraction of sp³-hybridized carbons (Fsp3) is 0.350. The van der Waals surface area contributed by atoms with Crippen LogP contribution < -0.4 is 10.2 Å². The Kier molecular flexibility index (Phi) is 4.70. The molecule has 0 unspecified atom stereocenters. The highest BCUT2D eigenvalue weighted by Gasteiger charge is 2.52. The molecule has 1 aliphatic carbocycles. The summed E-state index contributed by atoms with van der Waals surface area (Å²) in [5, 5.41) is 4.82. The Morgan fingerprint density at radius 1 is 1.15 bits per heavy atom. The number of carbonyl (C=O) groups is 3. The normalized spacial score (nSPS) is 17.5. The number of nitrogens with zero attached hydrogens (tertiary/aromatic N) is 1. The first kappa shape index (κ1) is 17.7. The molecule has 1 N–H and O–H groups in total. The average Bonchev–Trinajstić information content (AvgIpc) is 3.34. The number of rotatable bonds is 4. The second-order valence-electron chi connectivity index (χ2n) is 6.86. The smallest absolute Gasteiger partial charge is 0.311 e. The summed E-state index contributed by atoms with van der Waals surface area (Å²) in [7, 11) is 0. The van der Waals surface area contributed by atoms with Crippen molar-refractivity contribution in [3.8, 4) is 0 Å². The summed E-state index contributed by atoms with van der Waals surface area (Å²) < 4.78 is 5.23. The minimum atomic E-state index is -0.883. The molecule has 1 spiro atoms. The van der Waals surface area contributed by atoms with Crippen LogP contribution in [0, 0.1) is 0 Å². The zero-order chi connectivity index (χ0) is 18.9. The second-order valence-corrected chi connectivity index (χ2v) is 7.89. The van der Waals surface area contributed by atoms with Crippen molar-refractivity contribution in [2.24, 2.45) is 0 Å². The third-order valence-electron chi connectivity index (χ3n) is 5.18. The predicted octanol–water partition coefficient (Wildman–Crippen LogP) is 3.13. The van der Waals surface area contributed by atoms with E-state index in [4.69, 9.17) is 4.74 Å². The van der Waals surface area contributed by atoms with Crippen molar-refractivity contribution >= 4 is 40.5 Å². The Bertz CT molecular complexity index is 872. The number of carbonyl (C=O) groups excluding carboxylic acids is 3. The minimum absolute atomic E-state index is 0.146. The Balaban J connectivity index is 1.54. The summed E-state index contributed by atoms with van der Waals surface area (Å²) in [6, 6.07) is 11.0. The molecule has 1 saturated carbocycles. The van der Waals surface area contributed by atoms with Gasteiger partial charge in [-0.25, -0.2) is 0 Å². The van der Waals surface area contributed by atoms with E-state index in [9.17, 15) is 14.4 Å². The molecule has 2 aliphatic rings. The van der Waals surface area contributed by atoms with Crippen LogP contribution in [0.1, 0.15) is 30.6 Å². The highest BCUT2D eigenvalue weighted by Crippen LogP contribution is 2.45. The van der Waals surface area contributed by atoms with Gasteiger partial charge in [-0.3, -0.25) is 19.3 Å². The minimum Gasteiger partial charge on any atom is -0.455 e. The molecular formula is C20H20N2O4S. The lowest BCUT2D eigenvalue weighted by molar-refractivity contribution is -0.147. The molecule has 2 heterocycles. The van der Waals surface area contributed by atoms with Crippen molar-refractivity contribution in [3.63, 3.8) is 0 Å². The molecule has 27 heavy (non-hydrogen) atoms. The summed E-state index contributed by atoms with van der Waals surface area (Å²) in [4.78, 5) is 40.4. The Morgan fingerprint density at radius 3 is 2.67 bits per heavy atom. The number of esters is 1. The van der Waals surface area contributed by atoms with Crippen LogP contribution in [0.5, 0.6) is 0 Å². The number of hydrogen-bond acceptors (Lipinski definition) is 5. The van der Waals surface area contributed by atoms with E-state index in [1.54, 1.807) is 11.0 Å². The number of amides is 2. The molecule has 2 amide bonds. The summed E-state index contributed by atoms with van der Waals surface area (Å²) >= 11 is 1.47. The largest absolute Gasteiger partial charge is 0.455 e. The van der Waals surface area contributed by atoms with Gasteiger partial charge >= 0.3 is 5.97 Å². The number of hydrogen-bond donors (Lipinski definition) is 1. The Hall–Kier alpha value is -2.67. The average molecular weight is 384 g/mol. The number of benzene rings is 1. The molecule has 0 bridgehead atoms. The molecule has 7 heteroatoms. The quantitative estimate of drug-likeness (QED) is 0.822. The van der Waals surface area contributed by atoms with E-state index in [2.05, 4.69) is 5.32 Å². The molecule has 140 valence electrons. The van der Waals surface area contributed by atoms with E-state index in [-0.39, 0.29) is 24.8 Å². The maximum Gasteiger partial charge on any atom is 0.311 e. The maximum atomic E-state index is 13.0. The second kappa shape index (κ2) is 7.15. The fourth-order valence-corrected chi connectivity index (χ4v) is 4.63. The lowest BCUT2D eigenvalue weighted by Gasteiger charge is -2.44. The van der Waals surface area contributed by atoms with Crippen molar-refractivity contribution in [1.29, 1.82) is 0 Å². The summed E-state index contributed by atoms with van der Waals surface area (Å²) in [6.07, 6.45) is 3.15. The molecule has 6 nitrogen and oxygen atoms in total. The van der Waals surface area contributed by atoms with Crippen LogP contribution in [0.4, 0.5) is 11.4 Å². The van der Waals surface area contributed by atoms with E-state index < -0.39 is 11.5 Å². The molecule has 0 atom stereocenters. The van der Waals surface area contributed by atoms with Crippen molar-refractivity contribution < 1.29 is 19.1 Å². The van der Waals surface area contributed by atoms with E-state index in [1.807, 2.05) is 35.7 Å². The number of nitrogens with one attached hydrogen (secondary N) is 1. The number of fused-ring (bicyclic) bond motifs is 1. The van der Waals surface area contributed by atoms with Crippen molar-refractivity contribution in [2.45, 2.75) is 37.6 Å². The van der Waals surface area contributed by atoms with E-state index in [0.29, 0.717) is 24.2 Å². The van der Waals surface area contributed by atoms with Gasteiger partial charge in [-0.2, -0.15) is 0 Å². The first-order chi connectivity index (χ1) is 13.1. The lowest BCUT2D eigenvalue weighted by Crippen LogP contribution is -2.61. The summed E-state index contributed by atoms with van der Waals surface area (Å²) in [6.45, 7) is -0.367. The van der Waals surface area contributed by atoms with Gasteiger partial charge in [0.05, 0.1) is 17.8 Å². The van der Waals surface area contributed by atoms with Gasteiger partial charge in [0.15, 0.2) is 6.61 Å². The van der Waals surface area contributed by atoms with Crippen LogP contribution in [0.25, 0.3) is 0 Å². The third-order valence-corrected chi connectivity index (χ3v) is 6.06. The van der Waals surface area contributed by atoms with Crippen LogP contribution in [-0.2, 0) is 25.5 Å². The van der Waals surface area contributed by atoms with Crippen LogP contribution in [0.15, 0.2) is 41.8 Å². The van der Waals surface area contributed by atoms with Crippen molar-refractivity contribution in [3.05, 3.63) is 46.7 Å². The standard InChI is InChI=1S/C20H20N2O4S/c23-17(13-26-18(24)12-14-6-5-11-27-14)22-16-8-2-1-7-15(16)21-19(25)20(22)9-3-4-10-20/h1-2,5-8,11H,3-4,9-10,12-13H2,(H,21,25). The van der Waals surface area contributed by atoms with Gasteiger partial charge in [-0.05, 0) is 36.4 Å². The van der Waals surface area contributed by atoms with Crippen LogP contribution >= 0.6 is 11.3 Å². The van der Waals surface area contributed by atoms with Crippen LogP contribution in [0.3, 0.4) is 0 Å². The summed E-state index contributed by atoms with van der Waals surface area (Å²) in [5.74, 6) is -0.961. The van der Waals surface area contributed by atoms with Gasteiger partial charge in [0.2, 0.25) is 0 Å². The Morgan fingerprint density at radius 2 is 1.93 bits per heavy atom. The maximum absolute atomic E-state index is 13.0. The molecular weight excluding hydrogens is 364 g/mol. The third kappa shape index (κ3) is 3.23. The molecule has 2 aromatic rings. The highest BCUT2D eigenvalue weighted by molar-refractivity contribution is 7.10. The predicted molar refractivity (Wildman–Crippen MR) is 103 cm³/mol. The monoisotopic (exact) mass is 384 g/mol. The zero-order valence-electron chi connectivity index (χ0n) is 14.8. The highest BCUT2D eigenvalue weighted by atomic mass is 32.1. The number of ether oxygens (including phenoxy) is 1. The first-order valence-corrected chi connectivity index (χ1v) is 9.90. The van der Waals surface area contributed by atoms with Gasteiger partial charge in [0.25, 0.3) is 11.8 Å². The summed E-state index contributed by atoms with van der Waals surface area (Å²) in [5.41, 5.74) is 0.391. The van der Waals surface area contributed by atoms with Crippen LogP contribution in [0.2, 0.25) is 0 Å². The van der Waals surface area contributed by atoms with E-state index in [1.165, 1.54) is 11.3 Å². The van der Waals surface area contributed by atoms with E-state index in [0.717, 1.165) is 17.7 Å². The van der Waals surface area contributed by atoms with E-state index >= 15 is 0 Å². The fourth-order valence-electron chi connectivity index (χ4n) is 3.94. The first-order valence-electron chi connectivity index (χ1n) is 9.02. The topological polar surface area (TPSA) is 75.7 Å². The van der Waals surface area contributed by atoms with Crippen LogP contribution in [-0.4, -0.2) is 29.9 Å². The SMILES string of the molecule is O=C(Cc1cccs1)OCC(=O)N1c2ccccc2NC(=O)C12CCCC2. The van der Waals surface area contributed by atoms with Gasteiger partial charge in [-0.1, -0.05) is 31.0 Å². The molecule has 0 saturated heterocycles. The number of para-hydroxylation sites is 2. The van der Waals surface area contributed by atoms with Crippen molar-refractivity contribution in [2.75, 3.05) is 16.8 Å². The molecule has 1 fully saturated rings. The van der Waals surface area contributed by atoms with Crippen molar-refractivity contribution in [1.82, 2.24) is 0 Å². The van der Waals surface area contributed by atoms with Gasteiger partial charge in [-0.15, -0.1) is 11.3 Å². The zero-order valence-corrected chi connectivity index (χ0v) is 15.6. The molecule has 1 aliphatic heterocycles. The molecule has 0 radical (unpaired) electrons. The molecule has 4 rings (SSSR count). The number of anilines is 2. The molecule has 1 aromatic carbocycles. The Labute approximate surface area is 161 Å². The van der Waals surface area contributed by atoms with Gasteiger partial charge in [0.1, 0.15) is 5.54 Å². The number of thiophene rings is 1. The van der Waals surface area contributed by atoms with Gasteiger partial charge < -0.3 is 10.1 Å². The lowest BCUT2D eigenvalue weighted by atomic mass is 9.90. The van der Waals surface area contributed by atoms with Gasteiger partial charge in [0, 0.05) is 4.88 Å².